The molecule has 2 N–H and O–H groups in total. The van der Waals surface area contributed by atoms with Crippen molar-refractivity contribution in [3.05, 3.63) is 52.3 Å². The third-order valence-electron chi connectivity index (χ3n) is 2.45. The van der Waals surface area contributed by atoms with Gasteiger partial charge in [-0.25, -0.2) is 0 Å². The molecule has 3 nitrogen and oxygen atoms in total. The van der Waals surface area contributed by atoms with E-state index in [0.29, 0.717) is 21.5 Å². The zero-order chi connectivity index (χ0) is 13.8. The fourth-order valence-electron chi connectivity index (χ4n) is 1.69. The average molecular weight is 297 g/mol. The molecule has 1 aromatic carbocycles. The van der Waals surface area contributed by atoms with E-state index in [1.807, 2.05) is 13.0 Å². The van der Waals surface area contributed by atoms with Gasteiger partial charge in [-0.1, -0.05) is 23.2 Å². The lowest BCUT2D eigenvalue weighted by molar-refractivity contribution is 0.479. The van der Waals surface area contributed by atoms with Crippen molar-refractivity contribution >= 4 is 23.2 Å². The number of aromatic nitrogens is 1. The van der Waals surface area contributed by atoms with Crippen LogP contribution in [0.4, 0.5) is 0 Å². The van der Waals surface area contributed by atoms with E-state index in [1.54, 1.807) is 30.6 Å². The van der Waals surface area contributed by atoms with Crippen molar-refractivity contribution in [2.24, 2.45) is 5.73 Å². The maximum atomic E-state index is 6.05. The van der Waals surface area contributed by atoms with Crippen LogP contribution in [0.2, 0.25) is 10.0 Å². The Morgan fingerprint density at radius 2 is 2.05 bits per heavy atom. The van der Waals surface area contributed by atoms with Gasteiger partial charge < -0.3 is 10.5 Å². The van der Waals surface area contributed by atoms with Crippen molar-refractivity contribution in [1.82, 2.24) is 4.98 Å². The lowest BCUT2D eigenvalue weighted by atomic mass is 10.1. The summed E-state index contributed by atoms with van der Waals surface area (Å²) >= 11 is 12.0. The zero-order valence-corrected chi connectivity index (χ0v) is 11.9. The van der Waals surface area contributed by atoms with Crippen molar-refractivity contribution < 1.29 is 4.74 Å². The van der Waals surface area contributed by atoms with Gasteiger partial charge in [0.25, 0.3) is 0 Å². The van der Waals surface area contributed by atoms with Crippen LogP contribution in [0.25, 0.3) is 0 Å². The summed E-state index contributed by atoms with van der Waals surface area (Å²) < 4.78 is 5.69. The van der Waals surface area contributed by atoms with Gasteiger partial charge >= 0.3 is 0 Å². The van der Waals surface area contributed by atoms with Gasteiger partial charge in [0, 0.05) is 23.3 Å². The number of halogens is 2. The molecule has 1 aromatic heterocycles. The van der Waals surface area contributed by atoms with Gasteiger partial charge in [-0.15, -0.1) is 0 Å². The molecular weight excluding hydrogens is 283 g/mol. The van der Waals surface area contributed by atoms with Crippen LogP contribution >= 0.6 is 23.2 Å². The number of benzene rings is 1. The lowest BCUT2D eigenvalue weighted by Gasteiger charge is -2.10. The maximum Gasteiger partial charge on any atom is 0.147 e. The molecule has 1 heterocycles. The minimum absolute atomic E-state index is 0.0757. The van der Waals surface area contributed by atoms with Crippen molar-refractivity contribution in [1.29, 1.82) is 0 Å². The minimum Gasteiger partial charge on any atom is -0.454 e. The third-order valence-corrected chi connectivity index (χ3v) is 3.00. The fourth-order valence-corrected chi connectivity index (χ4v) is 2.00. The molecule has 1 unspecified atom stereocenters. The summed E-state index contributed by atoms with van der Waals surface area (Å²) in [6, 6.07) is 7.04. The Hall–Kier alpha value is -1.29. The third kappa shape index (κ3) is 4.10. The molecule has 0 spiro atoms. The van der Waals surface area contributed by atoms with Gasteiger partial charge in [0.15, 0.2) is 0 Å². The van der Waals surface area contributed by atoms with E-state index in [4.69, 9.17) is 33.7 Å². The molecule has 0 aliphatic carbocycles. The van der Waals surface area contributed by atoms with E-state index in [0.717, 1.165) is 12.0 Å². The highest BCUT2D eigenvalue weighted by atomic mass is 35.5. The SMILES string of the molecule is CC(N)Cc1cncc(Oc2cc(Cl)ccc2Cl)c1. The molecule has 1 atom stereocenters. The molecule has 0 fully saturated rings. The van der Waals surface area contributed by atoms with Crippen LogP contribution in [-0.4, -0.2) is 11.0 Å². The lowest BCUT2D eigenvalue weighted by Crippen LogP contribution is -2.17. The molecule has 2 aromatic rings. The Bertz CT molecular complexity index is 573. The van der Waals surface area contributed by atoms with E-state index >= 15 is 0 Å². The summed E-state index contributed by atoms with van der Waals surface area (Å²) in [5, 5.41) is 1.07. The molecule has 0 aliphatic rings. The van der Waals surface area contributed by atoms with Gasteiger partial charge in [-0.2, -0.15) is 0 Å². The second-order valence-corrected chi connectivity index (χ2v) is 5.23. The first-order valence-corrected chi connectivity index (χ1v) is 6.62. The second kappa shape index (κ2) is 6.24. The number of hydrogen-bond donors (Lipinski definition) is 1. The summed E-state index contributed by atoms with van der Waals surface area (Å²) in [5.74, 6) is 1.12. The molecule has 0 saturated heterocycles. The normalized spacial score (nSPS) is 12.2. The molecule has 5 heteroatoms. The first kappa shape index (κ1) is 14.1. The van der Waals surface area contributed by atoms with Crippen LogP contribution in [0.15, 0.2) is 36.7 Å². The number of rotatable bonds is 4. The summed E-state index contributed by atoms with van der Waals surface area (Å²) in [5.41, 5.74) is 6.78. The monoisotopic (exact) mass is 296 g/mol. The van der Waals surface area contributed by atoms with Crippen LogP contribution in [0.5, 0.6) is 11.5 Å². The van der Waals surface area contributed by atoms with Crippen LogP contribution < -0.4 is 10.5 Å². The molecule has 0 amide bonds. The number of nitrogens with two attached hydrogens (primary N) is 1. The number of hydrogen-bond acceptors (Lipinski definition) is 3. The van der Waals surface area contributed by atoms with Crippen molar-refractivity contribution in [2.45, 2.75) is 19.4 Å². The van der Waals surface area contributed by atoms with E-state index in [2.05, 4.69) is 4.98 Å². The first-order valence-electron chi connectivity index (χ1n) is 5.87. The molecule has 0 saturated carbocycles. The first-order chi connectivity index (χ1) is 9.04. The van der Waals surface area contributed by atoms with Gasteiger partial charge in [0.05, 0.1) is 11.2 Å². The molecule has 2 rings (SSSR count). The van der Waals surface area contributed by atoms with E-state index < -0.39 is 0 Å². The maximum absolute atomic E-state index is 6.05. The van der Waals surface area contributed by atoms with Crippen LogP contribution in [0.1, 0.15) is 12.5 Å². The highest BCUT2D eigenvalue weighted by molar-refractivity contribution is 6.34. The molecule has 0 radical (unpaired) electrons. The fraction of sp³-hybridized carbons (Fsp3) is 0.214. The largest absolute Gasteiger partial charge is 0.454 e. The van der Waals surface area contributed by atoms with Crippen LogP contribution in [0, 0.1) is 0 Å². The van der Waals surface area contributed by atoms with Gasteiger partial charge in [-0.05, 0) is 37.1 Å². The van der Waals surface area contributed by atoms with E-state index in [1.165, 1.54) is 0 Å². The predicted octanol–water partition coefficient (Wildman–Crippen LogP) is 4.07. The van der Waals surface area contributed by atoms with Crippen LogP contribution in [0.3, 0.4) is 0 Å². The van der Waals surface area contributed by atoms with E-state index in [-0.39, 0.29) is 6.04 Å². The summed E-state index contributed by atoms with van der Waals surface area (Å²) in [4.78, 5) is 4.13. The van der Waals surface area contributed by atoms with Crippen molar-refractivity contribution in [3.8, 4) is 11.5 Å². The molecule has 19 heavy (non-hydrogen) atoms. The standard InChI is InChI=1S/C14H14Cl2N2O/c1-9(17)4-10-5-12(8-18-7-10)19-14-6-11(15)2-3-13(14)16/h2-3,5-9H,4,17H2,1H3. The van der Waals surface area contributed by atoms with Gasteiger partial charge in [0.2, 0.25) is 0 Å². The molecular formula is C14H14Cl2N2O. The van der Waals surface area contributed by atoms with Gasteiger partial charge in [0.1, 0.15) is 11.5 Å². The average Bonchev–Trinajstić information content (AvgIpc) is 2.33. The number of pyridine rings is 1. The quantitative estimate of drug-likeness (QED) is 0.925. The molecule has 0 bridgehead atoms. The highest BCUT2D eigenvalue weighted by Crippen LogP contribution is 2.31. The Kier molecular flexibility index (Phi) is 4.64. The Morgan fingerprint density at radius 1 is 1.26 bits per heavy atom. The second-order valence-electron chi connectivity index (χ2n) is 4.39. The molecule has 100 valence electrons. The van der Waals surface area contributed by atoms with Crippen molar-refractivity contribution in [2.75, 3.05) is 0 Å². The highest BCUT2D eigenvalue weighted by Gasteiger charge is 2.06. The number of ether oxygens (including phenoxy) is 1. The van der Waals surface area contributed by atoms with Crippen LogP contribution in [-0.2, 0) is 6.42 Å². The topological polar surface area (TPSA) is 48.1 Å². The Balaban J connectivity index is 2.21. The zero-order valence-electron chi connectivity index (χ0n) is 10.4. The number of nitrogens with zero attached hydrogens (tertiary/aromatic N) is 1. The minimum atomic E-state index is 0.0757. The Morgan fingerprint density at radius 3 is 2.79 bits per heavy atom. The summed E-state index contributed by atoms with van der Waals surface area (Å²) in [6.45, 7) is 1.95. The molecule has 0 aliphatic heterocycles. The van der Waals surface area contributed by atoms with Gasteiger partial charge in [-0.3, -0.25) is 4.98 Å². The summed E-state index contributed by atoms with van der Waals surface area (Å²) in [6.07, 6.45) is 4.14. The summed E-state index contributed by atoms with van der Waals surface area (Å²) in [7, 11) is 0. The van der Waals surface area contributed by atoms with E-state index in [9.17, 15) is 0 Å². The predicted molar refractivity (Wildman–Crippen MR) is 78.1 cm³/mol. The Labute approximate surface area is 122 Å². The van der Waals surface area contributed by atoms with Crippen molar-refractivity contribution in [3.63, 3.8) is 0 Å². The smallest absolute Gasteiger partial charge is 0.147 e.